The van der Waals surface area contributed by atoms with Gasteiger partial charge < -0.3 is 10.2 Å². The summed E-state index contributed by atoms with van der Waals surface area (Å²) < 4.78 is 0. The standard InChI is InChI=1S/C15H26N2O/c1-2-17(12-7-3-4-8-12)15(18)14-13-9-5-6-11(13)10-16-14/h11-14,16H,2-10H2,1H3. The number of carbonyl (C=O) groups excluding carboxylic acids is 1. The van der Waals surface area contributed by atoms with Gasteiger partial charge in [0.2, 0.25) is 5.91 Å². The van der Waals surface area contributed by atoms with E-state index in [1.165, 1.54) is 44.9 Å². The van der Waals surface area contributed by atoms with Crippen LogP contribution in [0.3, 0.4) is 0 Å². The molecule has 2 saturated carbocycles. The molecule has 3 rings (SSSR count). The summed E-state index contributed by atoms with van der Waals surface area (Å²) in [5, 5.41) is 3.51. The van der Waals surface area contributed by atoms with Crippen LogP contribution in [-0.4, -0.2) is 36.0 Å². The molecule has 0 aromatic rings. The van der Waals surface area contributed by atoms with Crippen molar-refractivity contribution in [3.8, 4) is 0 Å². The number of rotatable bonds is 3. The van der Waals surface area contributed by atoms with E-state index >= 15 is 0 Å². The SMILES string of the molecule is CCN(C(=O)C1NCC2CCCC21)C1CCCC1. The van der Waals surface area contributed by atoms with Crippen LogP contribution < -0.4 is 5.32 Å². The molecule has 1 saturated heterocycles. The van der Waals surface area contributed by atoms with Gasteiger partial charge in [-0.25, -0.2) is 0 Å². The lowest BCUT2D eigenvalue weighted by Crippen LogP contribution is -2.49. The maximum Gasteiger partial charge on any atom is 0.240 e. The molecule has 1 amide bonds. The number of hydrogen-bond donors (Lipinski definition) is 1. The van der Waals surface area contributed by atoms with Gasteiger partial charge in [0.15, 0.2) is 0 Å². The van der Waals surface area contributed by atoms with E-state index < -0.39 is 0 Å². The van der Waals surface area contributed by atoms with Gasteiger partial charge in [-0.05, 0) is 51.0 Å². The molecule has 3 aliphatic rings. The molecule has 102 valence electrons. The van der Waals surface area contributed by atoms with Gasteiger partial charge in [0.1, 0.15) is 0 Å². The van der Waals surface area contributed by atoms with E-state index in [9.17, 15) is 4.79 Å². The zero-order chi connectivity index (χ0) is 12.5. The number of fused-ring (bicyclic) bond motifs is 1. The first-order valence-electron chi connectivity index (χ1n) is 7.85. The van der Waals surface area contributed by atoms with Gasteiger partial charge in [0.05, 0.1) is 6.04 Å². The lowest BCUT2D eigenvalue weighted by molar-refractivity contribution is -0.136. The summed E-state index contributed by atoms with van der Waals surface area (Å²) in [6.45, 7) is 4.10. The van der Waals surface area contributed by atoms with E-state index in [0.717, 1.165) is 19.0 Å². The van der Waals surface area contributed by atoms with Crippen LogP contribution in [0.1, 0.15) is 51.9 Å². The number of carbonyl (C=O) groups is 1. The van der Waals surface area contributed by atoms with Gasteiger partial charge >= 0.3 is 0 Å². The van der Waals surface area contributed by atoms with Gasteiger partial charge in [-0.2, -0.15) is 0 Å². The van der Waals surface area contributed by atoms with Crippen LogP contribution in [0.25, 0.3) is 0 Å². The van der Waals surface area contributed by atoms with Crippen LogP contribution in [-0.2, 0) is 4.79 Å². The van der Waals surface area contributed by atoms with Crippen LogP contribution in [0, 0.1) is 11.8 Å². The predicted molar refractivity (Wildman–Crippen MR) is 72.3 cm³/mol. The van der Waals surface area contributed by atoms with Crippen LogP contribution in [0.2, 0.25) is 0 Å². The molecule has 18 heavy (non-hydrogen) atoms. The molecule has 0 spiro atoms. The van der Waals surface area contributed by atoms with Crippen molar-refractivity contribution in [2.24, 2.45) is 11.8 Å². The van der Waals surface area contributed by atoms with E-state index in [-0.39, 0.29) is 6.04 Å². The summed E-state index contributed by atoms with van der Waals surface area (Å²) in [4.78, 5) is 14.9. The van der Waals surface area contributed by atoms with Gasteiger partial charge in [-0.15, -0.1) is 0 Å². The van der Waals surface area contributed by atoms with E-state index in [0.29, 0.717) is 17.9 Å². The summed E-state index contributed by atoms with van der Waals surface area (Å²) in [5.41, 5.74) is 0. The molecule has 1 N–H and O–H groups in total. The lowest BCUT2D eigenvalue weighted by atomic mass is 9.93. The van der Waals surface area contributed by atoms with Crippen molar-refractivity contribution in [1.29, 1.82) is 0 Å². The lowest BCUT2D eigenvalue weighted by Gasteiger charge is -2.32. The number of likely N-dealkylation sites (N-methyl/N-ethyl adjacent to an activating group) is 1. The van der Waals surface area contributed by atoms with Crippen LogP contribution >= 0.6 is 0 Å². The van der Waals surface area contributed by atoms with Crippen molar-refractivity contribution < 1.29 is 4.79 Å². The first-order valence-corrected chi connectivity index (χ1v) is 7.85. The Morgan fingerprint density at radius 3 is 2.67 bits per heavy atom. The Morgan fingerprint density at radius 1 is 1.17 bits per heavy atom. The Morgan fingerprint density at radius 2 is 1.94 bits per heavy atom. The van der Waals surface area contributed by atoms with E-state index in [1.54, 1.807) is 0 Å². The molecule has 3 heteroatoms. The number of amides is 1. The molecule has 1 aliphatic heterocycles. The van der Waals surface area contributed by atoms with Crippen molar-refractivity contribution in [3.63, 3.8) is 0 Å². The van der Waals surface area contributed by atoms with Gasteiger partial charge in [-0.3, -0.25) is 4.79 Å². The van der Waals surface area contributed by atoms with E-state index in [4.69, 9.17) is 0 Å². The molecule has 0 aromatic carbocycles. The van der Waals surface area contributed by atoms with Crippen LogP contribution in [0.15, 0.2) is 0 Å². The molecule has 0 radical (unpaired) electrons. The Bertz CT molecular complexity index is 308. The minimum Gasteiger partial charge on any atom is -0.339 e. The minimum absolute atomic E-state index is 0.137. The highest BCUT2D eigenvalue weighted by molar-refractivity contribution is 5.83. The topological polar surface area (TPSA) is 32.3 Å². The summed E-state index contributed by atoms with van der Waals surface area (Å²) >= 11 is 0. The minimum atomic E-state index is 0.137. The van der Waals surface area contributed by atoms with Crippen molar-refractivity contribution >= 4 is 5.91 Å². The molecule has 3 nitrogen and oxygen atoms in total. The van der Waals surface area contributed by atoms with E-state index in [1.807, 2.05) is 0 Å². The van der Waals surface area contributed by atoms with Crippen molar-refractivity contribution in [2.45, 2.75) is 64.0 Å². The normalized spacial score (nSPS) is 35.9. The third-order valence-electron chi connectivity index (χ3n) is 5.40. The smallest absolute Gasteiger partial charge is 0.240 e. The van der Waals surface area contributed by atoms with Gasteiger partial charge in [0, 0.05) is 12.6 Å². The zero-order valence-corrected chi connectivity index (χ0v) is 11.5. The Hall–Kier alpha value is -0.570. The highest BCUT2D eigenvalue weighted by Crippen LogP contribution is 2.38. The molecular formula is C15H26N2O. The number of nitrogens with zero attached hydrogens (tertiary/aromatic N) is 1. The average Bonchev–Trinajstić information content (AvgIpc) is 3.06. The predicted octanol–water partition coefficient (Wildman–Crippen LogP) is 2.17. The summed E-state index contributed by atoms with van der Waals surface area (Å²) in [6.07, 6.45) is 8.97. The largest absolute Gasteiger partial charge is 0.339 e. The second-order valence-electron chi connectivity index (χ2n) is 6.30. The Labute approximate surface area is 110 Å². The van der Waals surface area contributed by atoms with Crippen LogP contribution in [0.5, 0.6) is 0 Å². The monoisotopic (exact) mass is 250 g/mol. The van der Waals surface area contributed by atoms with Crippen molar-refractivity contribution in [2.75, 3.05) is 13.1 Å². The highest BCUT2D eigenvalue weighted by Gasteiger charge is 2.44. The molecule has 3 fully saturated rings. The molecule has 1 heterocycles. The Balaban J connectivity index is 1.68. The summed E-state index contributed by atoms with van der Waals surface area (Å²) in [7, 11) is 0. The fourth-order valence-electron chi connectivity index (χ4n) is 4.45. The number of nitrogens with one attached hydrogen (secondary N) is 1. The fraction of sp³-hybridized carbons (Fsp3) is 0.933. The molecular weight excluding hydrogens is 224 g/mol. The maximum absolute atomic E-state index is 12.8. The zero-order valence-electron chi connectivity index (χ0n) is 11.5. The van der Waals surface area contributed by atoms with Gasteiger partial charge in [-0.1, -0.05) is 19.3 Å². The van der Waals surface area contributed by atoms with Crippen LogP contribution in [0.4, 0.5) is 0 Å². The summed E-state index contributed by atoms with van der Waals surface area (Å²) in [6, 6.07) is 0.669. The third-order valence-corrected chi connectivity index (χ3v) is 5.40. The first-order chi connectivity index (χ1) is 8.81. The maximum atomic E-state index is 12.8. The molecule has 0 aromatic heterocycles. The Kier molecular flexibility index (Phi) is 3.60. The fourth-order valence-corrected chi connectivity index (χ4v) is 4.45. The first kappa shape index (κ1) is 12.5. The molecule has 3 unspecified atom stereocenters. The number of hydrogen-bond acceptors (Lipinski definition) is 2. The van der Waals surface area contributed by atoms with Crippen molar-refractivity contribution in [3.05, 3.63) is 0 Å². The molecule has 2 aliphatic carbocycles. The summed E-state index contributed by atoms with van der Waals surface area (Å²) in [5.74, 6) is 1.81. The van der Waals surface area contributed by atoms with Gasteiger partial charge in [0.25, 0.3) is 0 Å². The molecule has 3 atom stereocenters. The highest BCUT2D eigenvalue weighted by atomic mass is 16.2. The second-order valence-corrected chi connectivity index (χ2v) is 6.30. The average molecular weight is 250 g/mol. The third kappa shape index (κ3) is 2.07. The van der Waals surface area contributed by atoms with E-state index in [2.05, 4.69) is 17.1 Å². The molecule has 0 bridgehead atoms. The second kappa shape index (κ2) is 5.20. The quantitative estimate of drug-likeness (QED) is 0.832. The van der Waals surface area contributed by atoms with Crippen molar-refractivity contribution in [1.82, 2.24) is 10.2 Å².